The van der Waals surface area contributed by atoms with Gasteiger partial charge < -0.3 is 0 Å². The van der Waals surface area contributed by atoms with Crippen LogP contribution in [-0.2, 0) is 11.0 Å². The zero-order valence-electron chi connectivity index (χ0n) is 10.6. The summed E-state index contributed by atoms with van der Waals surface area (Å²) in [6.45, 7) is 9.72. The Labute approximate surface area is 100 Å². The van der Waals surface area contributed by atoms with Crippen molar-refractivity contribution in [2.75, 3.05) is 0 Å². The van der Waals surface area contributed by atoms with Gasteiger partial charge in [-0.05, 0) is 40.2 Å². The van der Waals surface area contributed by atoms with Crippen LogP contribution in [0.5, 0.6) is 0 Å². The highest BCUT2D eigenvalue weighted by atomic mass is 32.2. The second-order valence-corrected chi connectivity index (χ2v) is 6.81. The van der Waals surface area contributed by atoms with E-state index in [9.17, 15) is 4.21 Å². The molecule has 0 aromatic heterocycles. The van der Waals surface area contributed by atoms with Gasteiger partial charge in [-0.15, -0.1) is 0 Å². The van der Waals surface area contributed by atoms with E-state index in [2.05, 4.69) is 10.5 Å². The van der Waals surface area contributed by atoms with E-state index in [-0.39, 0.29) is 4.75 Å². The lowest BCUT2D eigenvalue weighted by atomic mass is 10.1. The molecule has 0 amide bonds. The molecule has 0 aliphatic rings. The predicted molar refractivity (Wildman–Crippen MR) is 71.3 cm³/mol. The molecule has 0 fully saturated rings. The van der Waals surface area contributed by atoms with Crippen LogP contribution in [-0.4, -0.2) is 14.7 Å². The average molecular weight is 237 g/mol. The van der Waals surface area contributed by atoms with Crippen LogP contribution in [0.15, 0.2) is 28.7 Å². The van der Waals surface area contributed by atoms with Gasteiger partial charge >= 0.3 is 0 Å². The second kappa shape index (κ2) is 4.91. The first-order valence-electron chi connectivity index (χ1n) is 5.35. The molecule has 0 heterocycles. The lowest BCUT2D eigenvalue weighted by molar-refractivity contribution is 0.650. The van der Waals surface area contributed by atoms with Crippen molar-refractivity contribution in [3.8, 4) is 0 Å². The maximum Gasteiger partial charge on any atom is 0.145 e. The van der Waals surface area contributed by atoms with Crippen molar-refractivity contribution < 1.29 is 4.21 Å². The van der Waals surface area contributed by atoms with Crippen molar-refractivity contribution in [1.29, 1.82) is 0 Å². The Balaban J connectivity index is 2.99. The van der Waals surface area contributed by atoms with Gasteiger partial charge in [0.2, 0.25) is 0 Å². The fourth-order valence-electron chi connectivity index (χ4n) is 1.18. The quantitative estimate of drug-likeness (QED) is 0.726. The van der Waals surface area contributed by atoms with E-state index in [0.29, 0.717) is 0 Å². The van der Waals surface area contributed by atoms with Gasteiger partial charge in [-0.1, -0.05) is 29.8 Å². The Morgan fingerprint density at radius 1 is 1.31 bits per heavy atom. The third-order valence-corrected chi connectivity index (χ3v) is 3.67. The van der Waals surface area contributed by atoms with Crippen molar-refractivity contribution in [3.63, 3.8) is 0 Å². The van der Waals surface area contributed by atoms with Crippen molar-refractivity contribution in [3.05, 3.63) is 35.4 Å². The van der Waals surface area contributed by atoms with Crippen LogP contribution in [0.1, 0.15) is 38.8 Å². The average Bonchev–Trinajstić information content (AvgIpc) is 2.16. The highest BCUT2D eigenvalue weighted by molar-refractivity contribution is 7.85. The molecule has 2 nitrogen and oxygen atoms in total. The second-order valence-electron chi connectivity index (χ2n) is 4.91. The summed E-state index contributed by atoms with van der Waals surface area (Å²) >= 11 is 0. The molecule has 1 aromatic carbocycles. The molecule has 1 rings (SSSR count). The van der Waals surface area contributed by atoms with Gasteiger partial charge in [0.1, 0.15) is 11.0 Å². The summed E-state index contributed by atoms with van der Waals surface area (Å²) in [6, 6.07) is 8.07. The summed E-state index contributed by atoms with van der Waals surface area (Å²) in [5, 5.41) is 0. The number of nitrogens with zero attached hydrogens (tertiary/aromatic N) is 1. The van der Waals surface area contributed by atoms with E-state index in [1.54, 1.807) is 0 Å². The summed E-state index contributed by atoms with van der Waals surface area (Å²) in [5.74, 6) is 0. The van der Waals surface area contributed by atoms with Crippen LogP contribution >= 0.6 is 0 Å². The highest BCUT2D eigenvalue weighted by Crippen LogP contribution is 2.14. The van der Waals surface area contributed by atoms with Crippen LogP contribution in [0.3, 0.4) is 0 Å². The van der Waals surface area contributed by atoms with E-state index in [1.165, 1.54) is 5.56 Å². The van der Waals surface area contributed by atoms with E-state index in [4.69, 9.17) is 0 Å². The van der Waals surface area contributed by atoms with Gasteiger partial charge in [0, 0.05) is 0 Å². The SMILES string of the molecule is CC(=NS(=O)C(C)(C)C)c1cccc(C)c1. The Morgan fingerprint density at radius 2 is 1.94 bits per heavy atom. The minimum absolute atomic E-state index is 0.301. The maximum atomic E-state index is 11.9. The van der Waals surface area contributed by atoms with Crippen molar-refractivity contribution >= 4 is 16.7 Å². The molecule has 0 bridgehead atoms. The highest BCUT2D eigenvalue weighted by Gasteiger charge is 2.19. The molecule has 1 unspecified atom stereocenters. The number of aryl methyl sites for hydroxylation is 1. The normalized spacial score (nSPS) is 14.9. The van der Waals surface area contributed by atoms with Crippen molar-refractivity contribution in [2.45, 2.75) is 39.4 Å². The molecule has 0 radical (unpaired) electrons. The topological polar surface area (TPSA) is 29.4 Å². The molecule has 3 heteroatoms. The molecule has 0 saturated carbocycles. The molecule has 16 heavy (non-hydrogen) atoms. The summed E-state index contributed by atoms with van der Waals surface area (Å²) in [7, 11) is -1.19. The van der Waals surface area contributed by atoms with Gasteiger partial charge in [-0.3, -0.25) is 0 Å². The summed E-state index contributed by atoms with van der Waals surface area (Å²) in [4.78, 5) is 0. The standard InChI is InChI=1S/C13H19NOS/c1-10-7-6-8-12(9-10)11(2)14-16(15)13(3,4)5/h6-9H,1-5H3. The van der Waals surface area contributed by atoms with E-state index >= 15 is 0 Å². The molecule has 88 valence electrons. The minimum Gasteiger partial charge on any atom is -0.234 e. The summed E-state index contributed by atoms with van der Waals surface area (Å²) in [6.07, 6.45) is 0. The van der Waals surface area contributed by atoms with Crippen LogP contribution in [0, 0.1) is 6.92 Å². The van der Waals surface area contributed by atoms with E-state index in [0.717, 1.165) is 11.3 Å². The van der Waals surface area contributed by atoms with Crippen molar-refractivity contribution in [1.82, 2.24) is 0 Å². The molecular weight excluding hydrogens is 218 g/mol. The van der Waals surface area contributed by atoms with Gasteiger partial charge in [0.15, 0.2) is 0 Å². The molecule has 1 aromatic rings. The van der Waals surface area contributed by atoms with Crippen molar-refractivity contribution in [2.24, 2.45) is 4.40 Å². The Hall–Kier alpha value is -0.960. The molecule has 1 atom stereocenters. The van der Waals surface area contributed by atoms with Crippen LogP contribution in [0.25, 0.3) is 0 Å². The molecule has 0 saturated heterocycles. The van der Waals surface area contributed by atoms with Gasteiger partial charge in [-0.2, -0.15) is 4.40 Å². The number of rotatable bonds is 2. The third kappa shape index (κ3) is 3.56. The zero-order chi connectivity index (χ0) is 12.3. The van der Waals surface area contributed by atoms with Crippen LogP contribution in [0.4, 0.5) is 0 Å². The number of hydrogen-bond acceptors (Lipinski definition) is 1. The Bertz CT molecular complexity index is 430. The molecule has 0 aliphatic heterocycles. The van der Waals surface area contributed by atoms with E-state index < -0.39 is 11.0 Å². The monoisotopic (exact) mass is 237 g/mol. The molecule has 0 spiro atoms. The predicted octanol–water partition coefficient (Wildman–Crippen LogP) is 3.27. The number of hydrogen-bond donors (Lipinski definition) is 0. The first-order chi connectivity index (χ1) is 7.30. The summed E-state index contributed by atoms with van der Waals surface area (Å²) < 4.78 is 15.8. The van der Waals surface area contributed by atoms with Gasteiger partial charge in [0.25, 0.3) is 0 Å². The fourth-order valence-corrected chi connectivity index (χ4v) is 1.81. The zero-order valence-corrected chi connectivity index (χ0v) is 11.4. The van der Waals surface area contributed by atoms with Crippen LogP contribution in [0.2, 0.25) is 0 Å². The van der Waals surface area contributed by atoms with E-state index in [1.807, 2.05) is 52.8 Å². The molecule has 0 N–H and O–H groups in total. The van der Waals surface area contributed by atoms with Gasteiger partial charge in [0.05, 0.1) is 10.5 Å². The summed E-state index contributed by atoms with van der Waals surface area (Å²) in [5.41, 5.74) is 3.06. The first kappa shape index (κ1) is 13.1. The Kier molecular flexibility index (Phi) is 4.03. The lowest BCUT2D eigenvalue weighted by Gasteiger charge is -2.14. The Morgan fingerprint density at radius 3 is 2.44 bits per heavy atom. The smallest absolute Gasteiger partial charge is 0.145 e. The largest absolute Gasteiger partial charge is 0.234 e. The first-order valence-corrected chi connectivity index (χ1v) is 6.46. The molecule has 0 aliphatic carbocycles. The lowest BCUT2D eigenvalue weighted by Crippen LogP contribution is -2.20. The fraction of sp³-hybridized carbons (Fsp3) is 0.462. The third-order valence-electron chi connectivity index (χ3n) is 2.18. The molecular formula is C13H19NOS. The van der Waals surface area contributed by atoms with Crippen LogP contribution < -0.4 is 0 Å². The maximum absolute atomic E-state index is 11.9. The van der Waals surface area contributed by atoms with Gasteiger partial charge in [-0.25, -0.2) is 4.21 Å². The number of benzene rings is 1. The minimum atomic E-state index is -1.19.